The number of carbonyl (C=O) groups excluding carboxylic acids is 1. The molecule has 9 heteroatoms. The minimum atomic E-state index is -3.58. The fraction of sp³-hybridized carbons (Fsp3) is 0.292. The van der Waals surface area contributed by atoms with E-state index in [2.05, 4.69) is 5.32 Å². The molecule has 0 aromatic heterocycles. The first-order chi connectivity index (χ1) is 16.0. The Balaban J connectivity index is 1.18. The van der Waals surface area contributed by atoms with Crippen molar-refractivity contribution in [1.29, 1.82) is 0 Å². The van der Waals surface area contributed by atoms with Crippen molar-refractivity contribution in [2.75, 3.05) is 51.3 Å². The maximum Gasteiger partial charge on any atom is 0.243 e. The number of sulfonamides is 1. The molecule has 0 bridgehead atoms. The third-order valence-corrected chi connectivity index (χ3v) is 7.78. The summed E-state index contributed by atoms with van der Waals surface area (Å²) in [6, 6.07) is 18.2. The Kier molecular flexibility index (Phi) is 5.92. The minimum Gasteiger partial charge on any atom is -0.486 e. The first-order valence-electron chi connectivity index (χ1n) is 10.9. The molecule has 0 radical (unpaired) electrons. The maximum atomic E-state index is 13.1. The summed E-state index contributed by atoms with van der Waals surface area (Å²) in [7, 11) is -3.58. The summed E-state index contributed by atoms with van der Waals surface area (Å²) in [6.07, 6.45) is 0. The molecule has 172 valence electrons. The number of ether oxygens (including phenoxy) is 2. The first kappa shape index (κ1) is 21.7. The first-order valence-corrected chi connectivity index (χ1v) is 12.3. The van der Waals surface area contributed by atoms with Gasteiger partial charge in [-0.05, 0) is 35.0 Å². The molecule has 3 aromatic carbocycles. The molecule has 8 nitrogen and oxygen atoms in total. The molecule has 0 saturated carbocycles. The zero-order valence-electron chi connectivity index (χ0n) is 18.1. The molecule has 1 saturated heterocycles. The van der Waals surface area contributed by atoms with Crippen LogP contribution in [0.1, 0.15) is 0 Å². The van der Waals surface area contributed by atoms with Crippen molar-refractivity contribution >= 4 is 32.4 Å². The van der Waals surface area contributed by atoms with Gasteiger partial charge in [-0.1, -0.05) is 30.3 Å². The number of hydrogen-bond acceptors (Lipinski definition) is 6. The number of fused-ring (bicyclic) bond motifs is 2. The molecule has 0 aliphatic carbocycles. The van der Waals surface area contributed by atoms with Gasteiger partial charge in [0, 0.05) is 37.9 Å². The second-order valence-electron chi connectivity index (χ2n) is 8.10. The Labute approximate surface area is 192 Å². The molecule has 3 aromatic rings. The third kappa shape index (κ3) is 4.66. The summed E-state index contributed by atoms with van der Waals surface area (Å²) >= 11 is 0. The Morgan fingerprint density at radius 3 is 2.36 bits per heavy atom. The van der Waals surface area contributed by atoms with Gasteiger partial charge in [0.15, 0.2) is 11.5 Å². The van der Waals surface area contributed by atoms with E-state index < -0.39 is 10.0 Å². The number of benzene rings is 3. The predicted octanol–water partition coefficient (Wildman–Crippen LogP) is 2.56. The molecule has 33 heavy (non-hydrogen) atoms. The lowest BCUT2D eigenvalue weighted by Crippen LogP contribution is -2.50. The van der Waals surface area contributed by atoms with Gasteiger partial charge in [0.1, 0.15) is 13.2 Å². The predicted molar refractivity (Wildman–Crippen MR) is 125 cm³/mol. The average Bonchev–Trinajstić information content (AvgIpc) is 2.84. The van der Waals surface area contributed by atoms with E-state index in [1.807, 2.05) is 35.2 Å². The van der Waals surface area contributed by atoms with Crippen molar-refractivity contribution in [2.24, 2.45) is 0 Å². The van der Waals surface area contributed by atoms with Crippen LogP contribution in [0.25, 0.3) is 10.8 Å². The van der Waals surface area contributed by atoms with Crippen molar-refractivity contribution in [3.05, 3.63) is 60.7 Å². The van der Waals surface area contributed by atoms with Crippen molar-refractivity contribution in [2.45, 2.75) is 4.90 Å². The van der Waals surface area contributed by atoms with Gasteiger partial charge in [-0.25, -0.2) is 8.42 Å². The van der Waals surface area contributed by atoms with E-state index in [0.29, 0.717) is 61.5 Å². The molecule has 1 amide bonds. The molecule has 0 atom stereocenters. The molecular weight excluding hydrogens is 442 g/mol. The van der Waals surface area contributed by atoms with Crippen molar-refractivity contribution in [3.63, 3.8) is 0 Å². The summed E-state index contributed by atoms with van der Waals surface area (Å²) in [4.78, 5) is 14.8. The lowest BCUT2D eigenvalue weighted by atomic mass is 10.1. The van der Waals surface area contributed by atoms with Gasteiger partial charge in [-0.15, -0.1) is 0 Å². The Morgan fingerprint density at radius 1 is 0.848 bits per heavy atom. The SMILES string of the molecule is O=C(CN1CCN(S(=O)(=O)c2ccc3ccccc3c2)CC1)Nc1ccc2c(c1)OCCO2. The van der Waals surface area contributed by atoms with Gasteiger partial charge in [-0.3, -0.25) is 9.69 Å². The number of anilines is 1. The highest BCUT2D eigenvalue weighted by Gasteiger charge is 2.29. The summed E-state index contributed by atoms with van der Waals surface area (Å²) < 4.78 is 38.8. The van der Waals surface area contributed by atoms with Crippen LogP contribution in [-0.4, -0.2) is 69.5 Å². The smallest absolute Gasteiger partial charge is 0.243 e. The zero-order chi connectivity index (χ0) is 22.8. The second-order valence-corrected chi connectivity index (χ2v) is 10.0. The highest BCUT2D eigenvalue weighted by atomic mass is 32.2. The average molecular weight is 468 g/mol. The van der Waals surface area contributed by atoms with Crippen molar-refractivity contribution < 1.29 is 22.7 Å². The largest absolute Gasteiger partial charge is 0.486 e. The molecule has 2 aliphatic rings. The normalized spacial score (nSPS) is 17.1. The fourth-order valence-corrected chi connectivity index (χ4v) is 5.59. The van der Waals surface area contributed by atoms with Gasteiger partial charge in [-0.2, -0.15) is 4.31 Å². The highest BCUT2D eigenvalue weighted by Crippen LogP contribution is 2.32. The van der Waals surface area contributed by atoms with Gasteiger partial charge < -0.3 is 14.8 Å². The number of carbonyl (C=O) groups is 1. The maximum absolute atomic E-state index is 13.1. The Morgan fingerprint density at radius 2 is 1.58 bits per heavy atom. The van der Waals surface area contributed by atoms with Crippen LogP contribution in [0.15, 0.2) is 65.6 Å². The third-order valence-electron chi connectivity index (χ3n) is 5.88. The van der Waals surface area contributed by atoms with E-state index in [9.17, 15) is 13.2 Å². The van der Waals surface area contributed by atoms with Crippen LogP contribution in [-0.2, 0) is 14.8 Å². The van der Waals surface area contributed by atoms with Crippen LogP contribution in [0.3, 0.4) is 0 Å². The summed E-state index contributed by atoms with van der Waals surface area (Å²) in [5.74, 6) is 1.13. The monoisotopic (exact) mass is 467 g/mol. The molecule has 2 heterocycles. The molecule has 5 rings (SSSR count). The van der Waals surface area contributed by atoms with E-state index in [4.69, 9.17) is 9.47 Å². The lowest BCUT2D eigenvalue weighted by Gasteiger charge is -2.33. The topological polar surface area (TPSA) is 88.2 Å². The quantitative estimate of drug-likeness (QED) is 0.621. The van der Waals surface area contributed by atoms with E-state index in [1.165, 1.54) is 4.31 Å². The van der Waals surface area contributed by atoms with Gasteiger partial charge in [0.25, 0.3) is 0 Å². The summed E-state index contributed by atoms with van der Waals surface area (Å²) in [5, 5.41) is 4.78. The van der Waals surface area contributed by atoms with Crippen LogP contribution in [0.2, 0.25) is 0 Å². The number of nitrogens with zero attached hydrogens (tertiary/aromatic N) is 2. The Hall–Kier alpha value is -3.14. The van der Waals surface area contributed by atoms with Crippen LogP contribution >= 0.6 is 0 Å². The highest BCUT2D eigenvalue weighted by molar-refractivity contribution is 7.89. The van der Waals surface area contributed by atoms with E-state index in [0.717, 1.165) is 10.8 Å². The Bertz CT molecular complexity index is 1290. The standard InChI is InChI=1S/C24H25N3O5S/c28-24(25-20-6-8-22-23(16-20)32-14-13-31-22)17-26-9-11-27(12-10-26)33(29,30)21-7-5-18-3-1-2-4-19(18)15-21/h1-8,15-16H,9-14,17H2,(H,25,28). The van der Waals surface area contributed by atoms with Crippen LogP contribution < -0.4 is 14.8 Å². The summed E-state index contributed by atoms with van der Waals surface area (Å²) in [6.45, 7) is 2.85. The van der Waals surface area contributed by atoms with Crippen molar-refractivity contribution in [3.8, 4) is 11.5 Å². The minimum absolute atomic E-state index is 0.155. The molecular formula is C24H25N3O5S. The van der Waals surface area contributed by atoms with E-state index in [1.54, 1.807) is 30.3 Å². The zero-order valence-corrected chi connectivity index (χ0v) is 18.9. The second kappa shape index (κ2) is 9.01. The molecule has 0 spiro atoms. The van der Waals surface area contributed by atoms with Crippen molar-refractivity contribution in [1.82, 2.24) is 9.21 Å². The number of nitrogens with one attached hydrogen (secondary N) is 1. The molecule has 1 fully saturated rings. The fourth-order valence-electron chi connectivity index (χ4n) is 4.13. The van der Waals surface area contributed by atoms with E-state index >= 15 is 0 Å². The van der Waals surface area contributed by atoms with Crippen LogP contribution in [0.5, 0.6) is 11.5 Å². The van der Waals surface area contributed by atoms with Gasteiger partial charge in [0.05, 0.1) is 11.4 Å². The lowest BCUT2D eigenvalue weighted by molar-refractivity contribution is -0.117. The molecule has 2 aliphatic heterocycles. The van der Waals surface area contributed by atoms with Crippen LogP contribution in [0.4, 0.5) is 5.69 Å². The molecule has 0 unspecified atom stereocenters. The van der Waals surface area contributed by atoms with Crippen LogP contribution in [0, 0.1) is 0 Å². The number of rotatable bonds is 5. The summed E-state index contributed by atoms with van der Waals surface area (Å²) in [5.41, 5.74) is 0.641. The van der Waals surface area contributed by atoms with Gasteiger partial charge >= 0.3 is 0 Å². The number of hydrogen-bond donors (Lipinski definition) is 1. The molecule has 1 N–H and O–H groups in total. The number of amides is 1. The number of piperazine rings is 1. The van der Waals surface area contributed by atoms with E-state index in [-0.39, 0.29) is 12.5 Å². The van der Waals surface area contributed by atoms with Gasteiger partial charge in [0.2, 0.25) is 15.9 Å².